The zero-order valence-corrected chi connectivity index (χ0v) is 20.0. The lowest BCUT2D eigenvalue weighted by Crippen LogP contribution is -2.46. The van der Waals surface area contributed by atoms with E-state index >= 15 is 0 Å². The molecule has 0 amide bonds. The van der Waals surface area contributed by atoms with Gasteiger partial charge >= 0.3 is 5.97 Å². The monoisotopic (exact) mass is 470 g/mol. The highest BCUT2D eigenvalue weighted by atomic mass is 35.5. The minimum atomic E-state index is -0.411. The van der Waals surface area contributed by atoms with E-state index in [0.717, 1.165) is 38.3 Å². The van der Waals surface area contributed by atoms with Crippen LogP contribution in [-0.4, -0.2) is 62.7 Å². The van der Waals surface area contributed by atoms with Crippen molar-refractivity contribution in [3.05, 3.63) is 53.6 Å². The molecular weight excluding hydrogens is 439 g/mol. The Morgan fingerprint density at radius 2 is 1.52 bits per heavy atom. The first kappa shape index (κ1) is 27.0. The fraction of sp³-hybridized carbons (Fsp3) is 0.435. The molecule has 172 valence electrons. The van der Waals surface area contributed by atoms with Crippen LogP contribution in [0.4, 0.5) is 0 Å². The van der Waals surface area contributed by atoms with Gasteiger partial charge in [0.25, 0.3) is 0 Å². The predicted molar refractivity (Wildman–Crippen MR) is 127 cm³/mol. The summed E-state index contributed by atoms with van der Waals surface area (Å²) < 4.78 is 16.8. The lowest BCUT2D eigenvalue weighted by Gasteiger charge is -2.34. The second-order valence-electron chi connectivity index (χ2n) is 7.16. The standard InChI is InChI=1S/C23H30N2O4.2ClH/c1-4-12-24-13-15-25(16-14-24)17-19-10-11-20(27-2)22(28-3)21(19)29-23(26)18-8-6-5-7-9-18;;/h5-11H,4,12-17H2,1-3H3;2*1H. The van der Waals surface area contributed by atoms with Crippen molar-refractivity contribution in [2.45, 2.75) is 19.9 Å². The number of esters is 1. The average Bonchev–Trinajstić information content (AvgIpc) is 2.76. The Balaban J connectivity index is 0.00000240. The van der Waals surface area contributed by atoms with Crippen molar-refractivity contribution in [2.24, 2.45) is 0 Å². The second kappa shape index (κ2) is 13.4. The van der Waals surface area contributed by atoms with Gasteiger partial charge in [-0.05, 0) is 31.2 Å². The highest BCUT2D eigenvalue weighted by Crippen LogP contribution is 2.41. The number of halogens is 2. The van der Waals surface area contributed by atoms with Crippen LogP contribution in [0.25, 0.3) is 0 Å². The molecule has 2 aromatic carbocycles. The third kappa shape index (κ3) is 7.01. The number of nitrogens with zero attached hydrogens (tertiary/aromatic N) is 2. The van der Waals surface area contributed by atoms with Crippen molar-refractivity contribution < 1.29 is 19.0 Å². The lowest BCUT2D eigenvalue weighted by molar-refractivity contribution is 0.0723. The van der Waals surface area contributed by atoms with Gasteiger partial charge in [0.15, 0.2) is 11.5 Å². The van der Waals surface area contributed by atoms with Gasteiger partial charge < -0.3 is 19.1 Å². The third-order valence-electron chi connectivity index (χ3n) is 5.18. The van der Waals surface area contributed by atoms with E-state index < -0.39 is 5.97 Å². The number of methoxy groups -OCH3 is 2. The van der Waals surface area contributed by atoms with Crippen LogP contribution >= 0.6 is 24.8 Å². The largest absolute Gasteiger partial charge is 0.493 e. The van der Waals surface area contributed by atoms with E-state index in [1.54, 1.807) is 26.4 Å². The van der Waals surface area contributed by atoms with E-state index in [9.17, 15) is 4.79 Å². The Morgan fingerprint density at radius 1 is 0.871 bits per heavy atom. The number of piperazine rings is 1. The maximum absolute atomic E-state index is 12.7. The Kier molecular flexibility index (Phi) is 11.7. The summed E-state index contributed by atoms with van der Waals surface area (Å²) in [6.45, 7) is 8.13. The van der Waals surface area contributed by atoms with Crippen molar-refractivity contribution >= 4 is 30.8 Å². The van der Waals surface area contributed by atoms with Crippen LogP contribution in [0.5, 0.6) is 17.2 Å². The summed E-state index contributed by atoms with van der Waals surface area (Å²) in [5.74, 6) is 1.00. The molecule has 6 nitrogen and oxygen atoms in total. The van der Waals surface area contributed by atoms with Gasteiger partial charge in [-0.2, -0.15) is 0 Å². The van der Waals surface area contributed by atoms with Crippen molar-refractivity contribution in [2.75, 3.05) is 46.9 Å². The number of carbonyl (C=O) groups is 1. The van der Waals surface area contributed by atoms with E-state index in [4.69, 9.17) is 14.2 Å². The Hall–Kier alpha value is -1.99. The van der Waals surface area contributed by atoms with Crippen LogP contribution in [0.2, 0.25) is 0 Å². The van der Waals surface area contributed by atoms with Crippen molar-refractivity contribution in [3.8, 4) is 17.2 Å². The second-order valence-corrected chi connectivity index (χ2v) is 7.16. The SMILES string of the molecule is CCCN1CCN(Cc2ccc(OC)c(OC)c2OC(=O)c2ccccc2)CC1.Cl.Cl. The normalized spacial score (nSPS) is 14.2. The molecule has 0 spiro atoms. The number of benzene rings is 2. The van der Waals surface area contributed by atoms with Crippen molar-refractivity contribution in [3.63, 3.8) is 0 Å². The molecule has 1 aliphatic heterocycles. The van der Waals surface area contributed by atoms with Crippen LogP contribution in [0.3, 0.4) is 0 Å². The van der Waals surface area contributed by atoms with Gasteiger partial charge in [-0.3, -0.25) is 4.90 Å². The third-order valence-corrected chi connectivity index (χ3v) is 5.18. The van der Waals surface area contributed by atoms with Gasteiger partial charge in [-0.15, -0.1) is 24.8 Å². The molecule has 0 atom stereocenters. The molecule has 8 heteroatoms. The van der Waals surface area contributed by atoms with E-state index in [1.165, 1.54) is 6.42 Å². The number of rotatable bonds is 8. The highest BCUT2D eigenvalue weighted by molar-refractivity contribution is 5.91. The van der Waals surface area contributed by atoms with E-state index in [-0.39, 0.29) is 24.8 Å². The van der Waals surface area contributed by atoms with Crippen LogP contribution in [0, 0.1) is 0 Å². The molecule has 2 aromatic rings. The molecule has 3 rings (SSSR count). The van der Waals surface area contributed by atoms with Crippen LogP contribution < -0.4 is 14.2 Å². The van der Waals surface area contributed by atoms with Gasteiger partial charge in [0, 0.05) is 38.3 Å². The molecule has 1 heterocycles. The van der Waals surface area contributed by atoms with E-state index in [2.05, 4.69) is 16.7 Å². The van der Waals surface area contributed by atoms with Crippen LogP contribution in [0.1, 0.15) is 29.3 Å². The fourth-order valence-electron chi connectivity index (χ4n) is 3.63. The zero-order chi connectivity index (χ0) is 20.6. The van der Waals surface area contributed by atoms with Gasteiger partial charge in [0.05, 0.1) is 19.8 Å². The Morgan fingerprint density at radius 3 is 2.10 bits per heavy atom. The van der Waals surface area contributed by atoms with Crippen LogP contribution in [-0.2, 0) is 6.54 Å². The van der Waals surface area contributed by atoms with Crippen molar-refractivity contribution in [1.29, 1.82) is 0 Å². The molecule has 1 saturated heterocycles. The molecule has 0 bridgehead atoms. The summed E-state index contributed by atoms with van der Waals surface area (Å²) in [4.78, 5) is 17.6. The molecule has 0 saturated carbocycles. The minimum Gasteiger partial charge on any atom is -0.493 e. The van der Waals surface area contributed by atoms with Gasteiger partial charge in [0.1, 0.15) is 0 Å². The van der Waals surface area contributed by atoms with Crippen molar-refractivity contribution in [1.82, 2.24) is 9.80 Å². The topological polar surface area (TPSA) is 51.2 Å². The van der Waals surface area contributed by atoms with E-state index in [1.807, 2.05) is 30.3 Å². The first-order valence-electron chi connectivity index (χ1n) is 10.1. The summed E-state index contributed by atoms with van der Waals surface area (Å²) in [5.41, 5.74) is 1.41. The summed E-state index contributed by atoms with van der Waals surface area (Å²) in [6, 6.07) is 12.8. The molecule has 0 aliphatic carbocycles. The molecule has 0 unspecified atom stereocenters. The summed E-state index contributed by atoms with van der Waals surface area (Å²) in [6.07, 6.45) is 1.18. The first-order valence-corrected chi connectivity index (χ1v) is 10.1. The number of ether oxygens (including phenoxy) is 3. The van der Waals surface area contributed by atoms with Crippen LogP contribution in [0.15, 0.2) is 42.5 Å². The van der Waals surface area contributed by atoms with Gasteiger partial charge in [-0.1, -0.05) is 31.2 Å². The molecule has 1 aliphatic rings. The fourth-order valence-corrected chi connectivity index (χ4v) is 3.63. The molecular formula is C23H32Cl2N2O4. The smallest absolute Gasteiger partial charge is 0.343 e. The molecule has 1 fully saturated rings. The van der Waals surface area contributed by atoms with Gasteiger partial charge in [-0.25, -0.2) is 4.79 Å². The first-order chi connectivity index (χ1) is 14.2. The lowest BCUT2D eigenvalue weighted by atomic mass is 10.1. The molecule has 0 radical (unpaired) electrons. The minimum absolute atomic E-state index is 0. The number of hydrogen-bond acceptors (Lipinski definition) is 6. The Bertz CT molecular complexity index is 813. The van der Waals surface area contributed by atoms with E-state index in [0.29, 0.717) is 29.4 Å². The zero-order valence-electron chi connectivity index (χ0n) is 18.3. The van der Waals surface area contributed by atoms with Gasteiger partial charge in [0.2, 0.25) is 5.75 Å². The predicted octanol–water partition coefficient (Wildman–Crippen LogP) is 4.29. The summed E-state index contributed by atoms with van der Waals surface area (Å²) in [7, 11) is 3.14. The average molecular weight is 471 g/mol. The summed E-state index contributed by atoms with van der Waals surface area (Å²) >= 11 is 0. The number of hydrogen-bond donors (Lipinski definition) is 0. The Labute approximate surface area is 197 Å². The maximum atomic E-state index is 12.7. The quantitative estimate of drug-likeness (QED) is 0.423. The molecule has 0 N–H and O–H groups in total. The number of carbonyl (C=O) groups excluding carboxylic acids is 1. The highest BCUT2D eigenvalue weighted by Gasteiger charge is 2.23. The molecule has 0 aromatic heterocycles. The molecule has 31 heavy (non-hydrogen) atoms. The summed E-state index contributed by atoms with van der Waals surface area (Å²) in [5, 5.41) is 0. The maximum Gasteiger partial charge on any atom is 0.343 e.